The number of carboxylic acid groups (broad SMARTS) is 2. The third kappa shape index (κ3) is 8.82. The zero-order valence-electron chi connectivity index (χ0n) is 18.7. The van der Waals surface area contributed by atoms with Crippen molar-refractivity contribution < 1.29 is 34.1 Å². The van der Waals surface area contributed by atoms with Crippen molar-refractivity contribution >= 4 is 17.8 Å². The van der Waals surface area contributed by atoms with Gasteiger partial charge in [-0.1, -0.05) is 30.3 Å². The number of carboxylic acids is 2. The van der Waals surface area contributed by atoms with Crippen molar-refractivity contribution in [2.45, 2.75) is 37.8 Å². The van der Waals surface area contributed by atoms with Crippen molar-refractivity contribution in [3.05, 3.63) is 59.7 Å². The van der Waals surface area contributed by atoms with E-state index in [0.717, 1.165) is 11.1 Å². The Bertz CT molecular complexity index is 911. The van der Waals surface area contributed by atoms with Gasteiger partial charge >= 0.3 is 11.9 Å². The molecule has 0 aliphatic rings. The Hall–Kier alpha value is -3.59. The summed E-state index contributed by atoms with van der Waals surface area (Å²) in [5.41, 5.74) is 1.72. The predicted octanol–water partition coefficient (Wildman–Crippen LogP) is 1.88. The number of hydrogen-bond acceptors (Lipinski definition) is 6. The molecule has 0 saturated heterocycles. The first-order valence-corrected chi connectivity index (χ1v) is 10.6. The number of hydrogen-bond donors (Lipinski definition) is 4. The smallest absolute Gasteiger partial charge is 0.326 e. The van der Waals surface area contributed by atoms with E-state index in [2.05, 4.69) is 10.6 Å². The van der Waals surface area contributed by atoms with Gasteiger partial charge in [-0.2, -0.15) is 0 Å². The molecule has 9 nitrogen and oxygen atoms in total. The second-order valence-electron chi connectivity index (χ2n) is 7.52. The quantitative estimate of drug-likeness (QED) is 0.315. The molecule has 2 aromatic carbocycles. The molecule has 0 radical (unpaired) electrons. The fraction of sp³-hybridized carbons (Fsp3) is 0.375. The molecule has 178 valence electrons. The summed E-state index contributed by atoms with van der Waals surface area (Å²) in [7, 11) is 3.13. The van der Waals surface area contributed by atoms with E-state index in [1.54, 1.807) is 44.6 Å². The van der Waals surface area contributed by atoms with Gasteiger partial charge in [0.1, 0.15) is 17.5 Å². The number of benzene rings is 2. The van der Waals surface area contributed by atoms with Crippen LogP contribution in [0.4, 0.5) is 0 Å². The molecule has 0 fully saturated rings. The van der Waals surface area contributed by atoms with Gasteiger partial charge in [0.2, 0.25) is 5.91 Å². The lowest BCUT2D eigenvalue weighted by Crippen LogP contribution is -2.51. The number of carbonyl (C=O) groups is 3. The van der Waals surface area contributed by atoms with Crippen LogP contribution in [0.5, 0.6) is 11.5 Å². The number of ether oxygens (including phenoxy) is 2. The van der Waals surface area contributed by atoms with Gasteiger partial charge in [-0.3, -0.25) is 9.59 Å². The van der Waals surface area contributed by atoms with E-state index >= 15 is 0 Å². The molecule has 9 heteroatoms. The first-order chi connectivity index (χ1) is 15.8. The molecule has 0 saturated carbocycles. The number of aryl methyl sites for hydroxylation is 1. The lowest BCUT2D eigenvalue weighted by Gasteiger charge is -2.20. The minimum atomic E-state index is -1.19. The fourth-order valence-electron chi connectivity index (χ4n) is 3.33. The number of amides is 1. The lowest BCUT2D eigenvalue weighted by atomic mass is 10.0. The highest BCUT2D eigenvalue weighted by atomic mass is 16.5. The molecule has 0 unspecified atom stereocenters. The summed E-state index contributed by atoms with van der Waals surface area (Å²) in [6.07, 6.45) is 0.899. The fourth-order valence-corrected chi connectivity index (χ4v) is 3.33. The van der Waals surface area contributed by atoms with E-state index in [4.69, 9.17) is 9.47 Å². The van der Waals surface area contributed by atoms with Crippen LogP contribution < -0.4 is 20.1 Å². The lowest BCUT2D eigenvalue weighted by molar-refractivity contribution is -0.143. The molecular formula is C24H30N2O7. The second-order valence-corrected chi connectivity index (χ2v) is 7.52. The van der Waals surface area contributed by atoms with E-state index in [0.29, 0.717) is 30.9 Å². The first kappa shape index (κ1) is 25.7. The maximum atomic E-state index is 12.7. The van der Waals surface area contributed by atoms with Crippen LogP contribution in [0.15, 0.2) is 48.5 Å². The topological polar surface area (TPSA) is 134 Å². The molecule has 0 aliphatic carbocycles. The second kappa shape index (κ2) is 13.1. The van der Waals surface area contributed by atoms with Crippen molar-refractivity contribution in [2.75, 3.05) is 20.8 Å². The number of rotatable bonds is 14. The van der Waals surface area contributed by atoms with Gasteiger partial charge in [-0.15, -0.1) is 0 Å². The molecule has 2 rings (SSSR count). The SMILES string of the molecule is COc1cc(CCCN[C@@H](CC(=O)O)C(=O)N[C@@H](Cc2ccccc2)C(=O)O)cc(OC)c1. The molecule has 0 aromatic heterocycles. The van der Waals surface area contributed by atoms with Gasteiger partial charge < -0.3 is 30.3 Å². The van der Waals surface area contributed by atoms with E-state index in [1.165, 1.54) is 0 Å². The Morgan fingerprint density at radius 1 is 0.909 bits per heavy atom. The molecule has 0 spiro atoms. The van der Waals surface area contributed by atoms with Crippen LogP contribution in [-0.2, 0) is 27.2 Å². The maximum Gasteiger partial charge on any atom is 0.326 e. The molecule has 0 aliphatic heterocycles. The van der Waals surface area contributed by atoms with Crippen molar-refractivity contribution in [3.63, 3.8) is 0 Å². The van der Waals surface area contributed by atoms with Gasteiger partial charge in [0.05, 0.1) is 26.7 Å². The summed E-state index contributed by atoms with van der Waals surface area (Å²) >= 11 is 0. The predicted molar refractivity (Wildman–Crippen MR) is 122 cm³/mol. The van der Waals surface area contributed by atoms with E-state index in [-0.39, 0.29) is 6.42 Å². The standard InChI is InChI=1S/C24H30N2O7/c1-32-18-11-17(12-19(14-18)33-2)9-6-10-25-20(15-22(27)28)23(29)26-21(24(30)31)13-16-7-4-3-5-8-16/h3-5,7-8,11-12,14,20-21,25H,6,9-10,13,15H2,1-2H3,(H,26,29)(H,27,28)(H,30,31)/t20-,21-/m0/s1. The normalized spacial score (nSPS) is 12.4. The Morgan fingerprint density at radius 3 is 2.09 bits per heavy atom. The molecule has 1 amide bonds. The third-order valence-corrected chi connectivity index (χ3v) is 5.04. The summed E-state index contributed by atoms with van der Waals surface area (Å²) in [5.74, 6) is -1.68. The number of aliphatic carboxylic acids is 2. The average Bonchev–Trinajstić information content (AvgIpc) is 2.80. The maximum absolute atomic E-state index is 12.7. The summed E-state index contributed by atoms with van der Waals surface area (Å²) < 4.78 is 10.5. The van der Waals surface area contributed by atoms with Gasteiger partial charge in [0, 0.05) is 12.5 Å². The Balaban J connectivity index is 1.95. The Morgan fingerprint density at radius 2 is 1.55 bits per heavy atom. The highest BCUT2D eigenvalue weighted by Crippen LogP contribution is 2.23. The van der Waals surface area contributed by atoms with E-state index in [1.807, 2.05) is 18.2 Å². The summed E-state index contributed by atoms with van der Waals surface area (Å²) in [5, 5.41) is 24.1. The van der Waals surface area contributed by atoms with E-state index < -0.39 is 36.4 Å². The van der Waals surface area contributed by atoms with Crippen molar-refractivity contribution in [2.24, 2.45) is 0 Å². The van der Waals surface area contributed by atoms with Crippen molar-refractivity contribution in [3.8, 4) is 11.5 Å². The average molecular weight is 459 g/mol. The summed E-state index contributed by atoms with van der Waals surface area (Å²) in [4.78, 5) is 35.6. The van der Waals surface area contributed by atoms with Crippen LogP contribution in [0.2, 0.25) is 0 Å². The van der Waals surface area contributed by atoms with Crippen LogP contribution >= 0.6 is 0 Å². The van der Waals surface area contributed by atoms with Crippen molar-refractivity contribution in [1.82, 2.24) is 10.6 Å². The minimum Gasteiger partial charge on any atom is -0.497 e. The molecule has 4 N–H and O–H groups in total. The number of nitrogens with one attached hydrogen (secondary N) is 2. The van der Waals surface area contributed by atoms with Gasteiger partial charge in [-0.25, -0.2) is 4.79 Å². The summed E-state index contributed by atoms with van der Waals surface area (Å²) in [6, 6.07) is 12.2. The molecular weight excluding hydrogens is 428 g/mol. The Kier molecular flexibility index (Phi) is 10.2. The highest BCUT2D eigenvalue weighted by molar-refractivity contribution is 5.89. The van der Waals surface area contributed by atoms with Crippen LogP contribution in [0, 0.1) is 0 Å². The van der Waals surface area contributed by atoms with Crippen LogP contribution in [0.25, 0.3) is 0 Å². The van der Waals surface area contributed by atoms with Gasteiger partial charge in [0.25, 0.3) is 0 Å². The minimum absolute atomic E-state index is 0.0966. The Labute approximate surface area is 192 Å². The molecule has 0 heterocycles. The first-order valence-electron chi connectivity index (χ1n) is 10.6. The molecule has 2 aromatic rings. The van der Waals surface area contributed by atoms with Crippen LogP contribution in [0.3, 0.4) is 0 Å². The number of carbonyl (C=O) groups excluding carboxylic acids is 1. The van der Waals surface area contributed by atoms with Crippen molar-refractivity contribution in [1.29, 1.82) is 0 Å². The van der Waals surface area contributed by atoms with E-state index in [9.17, 15) is 24.6 Å². The third-order valence-electron chi connectivity index (χ3n) is 5.04. The monoisotopic (exact) mass is 458 g/mol. The zero-order chi connectivity index (χ0) is 24.2. The summed E-state index contributed by atoms with van der Waals surface area (Å²) in [6.45, 7) is 0.362. The van der Waals surface area contributed by atoms with Gasteiger partial charge in [0.15, 0.2) is 0 Å². The molecule has 33 heavy (non-hydrogen) atoms. The van der Waals surface area contributed by atoms with Crippen LogP contribution in [-0.4, -0.2) is 60.9 Å². The molecule has 0 bridgehead atoms. The number of methoxy groups -OCH3 is 2. The van der Waals surface area contributed by atoms with Gasteiger partial charge in [-0.05, 0) is 42.6 Å². The zero-order valence-corrected chi connectivity index (χ0v) is 18.7. The largest absolute Gasteiger partial charge is 0.497 e. The van der Waals surface area contributed by atoms with Crippen LogP contribution in [0.1, 0.15) is 24.0 Å². The molecule has 2 atom stereocenters. The highest BCUT2D eigenvalue weighted by Gasteiger charge is 2.26.